The number of phenols is 1. The maximum absolute atomic E-state index is 9.72. The van der Waals surface area contributed by atoms with E-state index in [9.17, 15) is 15.5 Å². The van der Waals surface area contributed by atoms with Crippen LogP contribution in [0.3, 0.4) is 0 Å². The van der Waals surface area contributed by atoms with Crippen LogP contribution >= 0.6 is 0 Å². The van der Waals surface area contributed by atoms with Crippen molar-refractivity contribution in [1.82, 2.24) is 0 Å². The molecular formula is C18H22N2O3. The second-order valence-corrected chi connectivity index (χ2v) is 7.45. The number of rotatable bonds is 0. The van der Waals surface area contributed by atoms with E-state index in [0.29, 0.717) is 41.3 Å². The smallest absolute Gasteiger partial charge is 0.115 e. The molecule has 0 amide bonds. The number of aryl methyl sites for hydroxylation is 1. The third-order valence-corrected chi connectivity index (χ3v) is 6.55. The number of benzene rings is 1. The molecule has 0 heterocycles. The van der Waals surface area contributed by atoms with Gasteiger partial charge in [-0.1, -0.05) is 23.3 Å². The van der Waals surface area contributed by atoms with E-state index >= 15 is 0 Å². The average Bonchev–Trinajstić information content (AvgIpc) is 2.85. The quantitative estimate of drug-likeness (QED) is 0.506. The summed E-state index contributed by atoms with van der Waals surface area (Å²) in [6, 6.07) is 5.75. The SMILES string of the molecule is C[C@]12CC[C@@H]3c4ccc(O)cc4CC[C@H]3[C@@H]1CC(=N\O)/C2=N\O. The van der Waals surface area contributed by atoms with Crippen molar-refractivity contribution in [3.8, 4) is 5.75 Å². The molecule has 3 aliphatic rings. The summed E-state index contributed by atoms with van der Waals surface area (Å²) in [6.07, 6.45) is 4.68. The summed E-state index contributed by atoms with van der Waals surface area (Å²) in [5, 5.41) is 35.3. The molecule has 2 saturated carbocycles. The van der Waals surface area contributed by atoms with Crippen LogP contribution in [0.1, 0.15) is 49.7 Å². The summed E-state index contributed by atoms with van der Waals surface area (Å²) in [4.78, 5) is 0. The van der Waals surface area contributed by atoms with Crippen molar-refractivity contribution in [3.63, 3.8) is 0 Å². The highest BCUT2D eigenvalue weighted by atomic mass is 16.4. The number of aromatic hydroxyl groups is 1. The highest BCUT2D eigenvalue weighted by Gasteiger charge is 2.56. The Labute approximate surface area is 135 Å². The van der Waals surface area contributed by atoms with Crippen LogP contribution in [-0.2, 0) is 6.42 Å². The molecule has 23 heavy (non-hydrogen) atoms. The molecule has 1 aromatic rings. The molecule has 0 aromatic heterocycles. The van der Waals surface area contributed by atoms with Gasteiger partial charge in [-0.05, 0) is 73.1 Å². The molecule has 3 aliphatic carbocycles. The molecule has 5 nitrogen and oxygen atoms in total. The molecule has 1 aromatic carbocycles. The minimum Gasteiger partial charge on any atom is -0.508 e. The predicted molar refractivity (Wildman–Crippen MR) is 86.5 cm³/mol. The van der Waals surface area contributed by atoms with Crippen LogP contribution in [-0.4, -0.2) is 26.9 Å². The highest BCUT2D eigenvalue weighted by molar-refractivity contribution is 6.46. The number of hydrogen-bond acceptors (Lipinski definition) is 5. The number of hydrogen-bond donors (Lipinski definition) is 3. The monoisotopic (exact) mass is 314 g/mol. The van der Waals surface area contributed by atoms with Gasteiger partial charge in [0.1, 0.15) is 17.2 Å². The molecule has 5 heteroatoms. The molecule has 0 bridgehead atoms. The van der Waals surface area contributed by atoms with Crippen LogP contribution in [0, 0.1) is 17.3 Å². The average molecular weight is 314 g/mol. The first-order valence-corrected chi connectivity index (χ1v) is 8.34. The van der Waals surface area contributed by atoms with Gasteiger partial charge in [-0.15, -0.1) is 0 Å². The molecule has 4 atom stereocenters. The van der Waals surface area contributed by atoms with Gasteiger partial charge in [0.2, 0.25) is 0 Å². The van der Waals surface area contributed by atoms with E-state index in [2.05, 4.69) is 23.3 Å². The number of phenolic OH excluding ortho intramolecular Hbond substituents is 1. The Morgan fingerprint density at radius 2 is 2.00 bits per heavy atom. The van der Waals surface area contributed by atoms with Gasteiger partial charge in [-0.25, -0.2) is 0 Å². The molecule has 0 saturated heterocycles. The van der Waals surface area contributed by atoms with Gasteiger partial charge in [-0.2, -0.15) is 0 Å². The topological polar surface area (TPSA) is 85.4 Å². The number of fused-ring (bicyclic) bond motifs is 5. The van der Waals surface area contributed by atoms with Gasteiger partial charge in [0.05, 0.1) is 0 Å². The first-order valence-electron chi connectivity index (χ1n) is 8.34. The van der Waals surface area contributed by atoms with Crippen LogP contribution in [0.25, 0.3) is 0 Å². The normalized spacial score (nSPS) is 39.1. The van der Waals surface area contributed by atoms with E-state index in [1.807, 2.05) is 6.07 Å². The summed E-state index contributed by atoms with van der Waals surface area (Å²) >= 11 is 0. The van der Waals surface area contributed by atoms with Crippen LogP contribution in [0.5, 0.6) is 5.75 Å². The van der Waals surface area contributed by atoms with Crippen molar-refractivity contribution in [2.75, 3.05) is 0 Å². The molecule has 3 N–H and O–H groups in total. The Morgan fingerprint density at radius 3 is 2.74 bits per heavy atom. The van der Waals surface area contributed by atoms with Gasteiger partial charge >= 0.3 is 0 Å². The summed E-state index contributed by atoms with van der Waals surface area (Å²) in [6.45, 7) is 2.15. The minimum absolute atomic E-state index is 0.202. The predicted octanol–water partition coefficient (Wildman–Crippen LogP) is 3.52. The Balaban J connectivity index is 1.74. The minimum atomic E-state index is -0.202. The first kappa shape index (κ1) is 14.5. The van der Waals surface area contributed by atoms with E-state index in [0.717, 1.165) is 25.7 Å². The fourth-order valence-corrected chi connectivity index (χ4v) is 5.45. The lowest BCUT2D eigenvalue weighted by atomic mass is 9.55. The van der Waals surface area contributed by atoms with Crippen molar-refractivity contribution in [2.24, 2.45) is 27.6 Å². The van der Waals surface area contributed by atoms with Crippen molar-refractivity contribution in [2.45, 2.75) is 44.9 Å². The fourth-order valence-electron chi connectivity index (χ4n) is 5.45. The zero-order chi connectivity index (χ0) is 16.2. The van der Waals surface area contributed by atoms with Gasteiger partial charge < -0.3 is 15.5 Å². The molecule has 122 valence electrons. The van der Waals surface area contributed by atoms with Gasteiger partial charge in [0.15, 0.2) is 0 Å². The van der Waals surface area contributed by atoms with Crippen molar-refractivity contribution >= 4 is 11.4 Å². The lowest BCUT2D eigenvalue weighted by Gasteiger charge is -2.48. The van der Waals surface area contributed by atoms with Crippen LogP contribution < -0.4 is 0 Å². The summed E-state index contributed by atoms with van der Waals surface area (Å²) in [5.41, 5.74) is 3.53. The zero-order valence-corrected chi connectivity index (χ0v) is 13.2. The Bertz CT molecular complexity index is 712. The molecule has 2 fully saturated rings. The van der Waals surface area contributed by atoms with E-state index in [1.54, 1.807) is 6.07 Å². The number of oxime groups is 2. The summed E-state index contributed by atoms with van der Waals surface area (Å²) < 4.78 is 0. The lowest BCUT2D eigenvalue weighted by Crippen LogP contribution is -2.42. The van der Waals surface area contributed by atoms with Crippen molar-refractivity contribution in [1.29, 1.82) is 0 Å². The second-order valence-electron chi connectivity index (χ2n) is 7.45. The van der Waals surface area contributed by atoms with Crippen LogP contribution in [0.4, 0.5) is 0 Å². The second kappa shape index (κ2) is 4.98. The summed E-state index contributed by atoms with van der Waals surface area (Å²) in [5.74, 6) is 1.67. The Kier molecular flexibility index (Phi) is 3.15. The Morgan fingerprint density at radius 1 is 1.17 bits per heavy atom. The summed E-state index contributed by atoms with van der Waals surface area (Å²) in [7, 11) is 0. The largest absolute Gasteiger partial charge is 0.508 e. The van der Waals surface area contributed by atoms with Crippen LogP contribution in [0.15, 0.2) is 28.5 Å². The molecular weight excluding hydrogens is 292 g/mol. The molecule has 0 spiro atoms. The van der Waals surface area contributed by atoms with Crippen molar-refractivity contribution in [3.05, 3.63) is 29.3 Å². The zero-order valence-electron chi connectivity index (χ0n) is 13.2. The third-order valence-electron chi connectivity index (χ3n) is 6.55. The molecule has 0 aliphatic heterocycles. The molecule has 0 radical (unpaired) electrons. The van der Waals surface area contributed by atoms with Gasteiger partial charge in [0, 0.05) is 5.41 Å². The molecule has 4 rings (SSSR count). The van der Waals surface area contributed by atoms with Crippen LogP contribution in [0.2, 0.25) is 0 Å². The van der Waals surface area contributed by atoms with Gasteiger partial charge in [-0.3, -0.25) is 0 Å². The third kappa shape index (κ3) is 1.92. The molecule has 0 unspecified atom stereocenters. The fraction of sp³-hybridized carbons (Fsp3) is 0.556. The maximum Gasteiger partial charge on any atom is 0.115 e. The maximum atomic E-state index is 9.72. The van der Waals surface area contributed by atoms with Gasteiger partial charge in [0.25, 0.3) is 0 Å². The van der Waals surface area contributed by atoms with E-state index in [1.165, 1.54) is 11.1 Å². The van der Waals surface area contributed by atoms with Crippen molar-refractivity contribution < 1.29 is 15.5 Å². The lowest BCUT2D eigenvalue weighted by molar-refractivity contribution is 0.0963. The van der Waals surface area contributed by atoms with E-state index in [4.69, 9.17) is 0 Å². The standard InChI is InChI=1S/C18H22N2O3/c1-18-7-6-13-12-5-3-11(21)8-10(12)2-4-14(13)15(18)9-16(19-22)17(18)20-23/h3,5,8,13-15,21-23H,2,4,6-7,9H2,1H3/b19-16+,20-17+/t13-,14-,15+,18+/m1/s1. The van der Waals surface area contributed by atoms with E-state index in [-0.39, 0.29) is 5.41 Å². The van der Waals surface area contributed by atoms with E-state index < -0.39 is 0 Å². The highest BCUT2D eigenvalue weighted by Crippen LogP contribution is 2.59. The Hall–Kier alpha value is -2.04. The first-order chi connectivity index (χ1) is 11.1. The number of nitrogens with zero attached hydrogens (tertiary/aromatic N) is 2.